The van der Waals surface area contributed by atoms with E-state index in [1.165, 1.54) is 26.4 Å². The third-order valence-corrected chi connectivity index (χ3v) is 5.17. The van der Waals surface area contributed by atoms with Gasteiger partial charge in [0, 0.05) is 17.3 Å². The number of ether oxygens (including phenoxy) is 2. The van der Waals surface area contributed by atoms with Crippen molar-refractivity contribution < 1.29 is 19.1 Å². The lowest BCUT2D eigenvalue weighted by Crippen LogP contribution is -2.04. The van der Waals surface area contributed by atoms with Crippen LogP contribution in [0.3, 0.4) is 0 Å². The van der Waals surface area contributed by atoms with Gasteiger partial charge in [-0.2, -0.15) is 0 Å². The lowest BCUT2D eigenvalue weighted by atomic mass is 10.0. The van der Waals surface area contributed by atoms with E-state index in [1.807, 2.05) is 19.2 Å². The van der Waals surface area contributed by atoms with Gasteiger partial charge in [-0.25, -0.2) is 9.59 Å². The minimum Gasteiger partial charge on any atom is -0.465 e. The summed E-state index contributed by atoms with van der Waals surface area (Å²) in [7, 11) is 2.62. The highest BCUT2D eigenvalue weighted by molar-refractivity contribution is 6.38. The molecule has 0 spiro atoms. The molecule has 0 amide bonds. The fourth-order valence-corrected chi connectivity index (χ4v) is 3.41. The Morgan fingerprint density at radius 2 is 1.73 bits per heavy atom. The summed E-state index contributed by atoms with van der Waals surface area (Å²) in [5.74, 6) is 1.38. The average molecular weight is 447 g/mol. The molecule has 0 fully saturated rings. The Hall–Kier alpha value is -3.14. The Balaban J connectivity index is 0.000000216. The van der Waals surface area contributed by atoms with E-state index in [9.17, 15) is 9.59 Å². The fraction of sp³-hybridized carbons (Fsp3) is 0.182. The molecular formula is C22H20Cl2N2O4. The Kier molecular flexibility index (Phi) is 7.76. The number of methoxy groups -OCH3 is 2. The van der Waals surface area contributed by atoms with Crippen molar-refractivity contribution in [1.82, 2.24) is 4.98 Å². The molecule has 0 saturated heterocycles. The number of nitrogens with one attached hydrogen (secondary N) is 1. The number of hydrogen-bond acceptors (Lipinski definition) is 5. The number of hydrogen-bond donors (Lipinski definition) is 2. The summed E-state index contributed by atoms with van der Waals surface area (Å²) in [6, 6.07) is 6.65. The highest BCUT2D eigenvalue weighted by atomic mass is 35.5. The zero-order valence-electron chi connectivity index (χ0n) is 16.6. The van der Waals surface area contributed by atoms with Crippen LogP contribution in [0.1, 0.15) is 38.8 Å². The van der Waals surface area contributed by atoms with Gasteiger partial charge in [0.25, 0.3) is 0 Å². The monoisotopic (exact) mass is 446 g/mol. The number of nitrogens with two attached hydrogens (primary N) is 1. The van der Waals surface area contributed by atoms with Crippen LogP contribution in [0, 0.1) is 12.3 Å². The topological polar surface area (TPSA) is 94.4 Å². The molecule has 0 aliphatic rings. The molecule has 0 atom stereocenters. The molecule has 2 aromatic carbocycles. The molecule has 0 aliphatic carbocycles. The number of esters is 2. The fourth-order valence-electron chi connectivity index (χ4n) is 2.82. The number of carbonyl (C=O) groups excluding carboxylic acids is 2. The molecular weight excluding hydrogens is 427 g/mol. The summed E-state index contributed by atoms with van der Waals surface area (Å²) in [5, 5.41) is 1.46. The third-order valence-electron chi connectivity index (χ3n) is 4.37. The number of benzene rings is 2. The van der Waals surface area contributed by atoms with Crippen LogP contribution in [0.4, 0.5) is 5.69 Å². The van der Waals surface area contributed by atoms with Crippen LogP contribution in [0.15, 0.2) is 30.5 Å². The summed E-state index contributed by atoms with van der Waals surface area (Å²) in [4.78, 5) is 25.9. The van der Waals surface area contributed by atoms with Gasteiger partial charge in [0.05, 0.1) is 46.5 Å². The average Bonchev–Trinajstić information content (AvgIpc) is 3.24. The summed E-state index contributed by atoms with van der Waals surface area (Å²) in [6.45, 7) is 2.03. The van der Waals surface area contributed by atoms with Crippen molar-refractivity contribution >= 4 is 51.7 Å². The van der Waals surface area contributed by atoms with E-state index in [0.29, 0.717) is 21.8 Å². The van der Waals surface area contributed by atoms with Gasteiger partial charge in [-0.1, -0.05) is 36.0 Å². The van der Waals surface area contributed by atoms with Crippen LogP contribution >= 0.6 is 23.2 Å². The van der Waals surface area contributed by atoms with Gasteiger partial charge in [-0.15, -0.1) is 6.42 Å². The van der Waals surface area contributed by atoms with E-state index < -0.39 is 11.9 Å². The first-order chi connectivity index (χ1) is 14.3. The highest BCUT2D eigenvalue weighted by Gasteiger charge is 2.17. The first-order valence-corrected chi connectivity index (χ1v) is 9.55. The van der Waals surface area contributed by atoms with Crippen molar-refractivity contribution in [1.29, 1.82) is 0 Å². The van der Waals surface area contributed by atoms with E-state index in [1.54, 1.807) is 6.07 Å². The molecule has 0 saturated carbocycles. The van der Waals surface area contributed by atoms with Crippen LogP contribution in [-0.4, -0.2) is 31.1 Å². The Bertz CT molecular complexity index is 1150. The van der Waals surface area contributed by atoms with E-state index in [4.69, 9.17) is 40.1 Å². The third kappa shape index (κ3) is 4.54. The largest absolute Gasteiger partial charge is 0.465 e. The highest BCUT2D eigenvalue weighted by Crippen LogP contribution is 2.30. The van der Waals surface area contributed by atoms with Crippen LogP contribution in [-0.2, 0) is 15.9 Å². The minimum absolute atomic E-state index is 0.152. The summed E-state index contributed by atoms with van der Waals surface area (Å²) in [5.41, 5.74) is 8.93. The number of halogens is 2. The minimum atomic E-state index is -0.536. The number of rotatable bonds is 3. The Morgan fingerprint density at radius 1 is 1.10 bits per heavy atom. The van der Waals surface area contributed by atoms with Gasteiger partial charge in [0.15, 0.2) is 0 Å². The Labute approximate surface area is 184 Å². The van der Waals surface area contributed by atoms with Gasteiger partial charge in [-0.3, -0.25) is 0 Å². The molecule has 0 aliphatic heterocycles. The Morgan fingerprint density at radius 3 is 2.30 bits per heavy atom. The van der Waals surface area contributed by atoms with E-state index in [0.717, 1.165) is 22.9 Å². The first-order valence-electron chi connectivity index (χ1n) is 8.80. The quantitative estimate of drug-likeness (QED) is 0.340. The zero-order valence-corrected chi connectivity index (χ0v) is 18.1. The summed E-state index contributed by atoms with van der Waals surface area (Å²) < 4.78 is 9.23. The van der Waals surface area contributed by atoms with Crippen molar-refractivity contribution in [2.45, 2.75) is 13.3 Å². The van der Waals surface area contributed by atoms with Crippen molar-refractivity contribution in [3.05, 3.63) is 62.8 Å². The summed E-state index contributed by atoms with van der Waals surface area (Å²) >= 11 is 12.0. The molecule has 1 heterocycles. The standard InChI is InChI=1S/C12H12ClNO2.C10H8ClNO2/c1-3-7-6-9(12(15)16-2)10(13)8-4-5-14-11(7)8;1-3-6-8(12)5-4-7(9(6)11)10(13)14-2/h4-6,14H,3H2,1-2H3;1,4-5H,12H2,2H3. The van der Waals surface area contributed by atoms with Crippen molar-refractivity contribution in [3.63, 3.8) is 0 Å². The number of aromatic nitrogens is 1. The van der Waals surface area contributed by atoms with Crippen molar-refractivity contribution in [2.24, 2.45) is 0 Å². The molecule has 8 heteroatoms. The number of H-pyrrole nitrogens is 1. The van der Waals surface area contributed by atoms with Crippen LogP contribution in [0.2, 0.25) is 10.0 Å². The number of nitrogen functional groups attached to an aromatic ring is 1. The van der Waals surface area contributed by atoms with Crippen LogP contribution in [0.25, 0.3) is 10.9 Å². The lowest BCUT2D eigenvalue weighted by Gasteiger charge is -2.07. The number of aromatic amines is 1. The molecule has 0 bridgehead atoms. The maximum Gasteiger partial charge on any atom is 0.339 e. The second-order valence-electron chi connectivity index (χ2n) is 6.04. The first kappa shape index (κ1) is 23.1. The second kappa shape index (κ2) is 10.1. The predicted octanol–water partition coefficient (Wildman–Crippen LogP) is 4.86. The SMILES string of the molecule is C#Cc1c(N)ccc(C(=O)OC)c1Cl.CCc1cc(C(=O)OC)c(Cl)c2cc[nH]c12. The maximum absolute atomic E-state index is 11.6. The number of terminal acetylenes is 1. The molecule has 3 rings (SSSR count). The van der Waals surface area contributed by atoms with E-state index in [-0.39, 0.29) is 10.6 Å². The number of aryl methyl sites for hydroxylation is 1. The molecule has 3 aromatic rings. The van der Waals surface area contributed by atoms with Crippen molar-refractivity contribution in [2.75, 3.05) is 20.0 Å². The summed E-state index contributed by atoms with van der Waals surface area (Å²) in [6.07, 6.45) is 7.84. The molecule has 3 N–H and O–H groups in total. The van der Waals surface area contributed by atoms with E-state index in [2.05, 4.69) is 15.6 Å². The number of carbonyl (C=O) groups is 2. The zero-order chi connectivity index (χ0) is 22.4. The molecule has 0 radical (unpaired) electrons. The molecule has 6 nitrogen and oxygen atoms in total. The van der Waals surface area contributed by atoms with Gasteiger partial charge in [0.2, 0.25) is 0 Å². The van der Waals surface area contributed by atoms with Gasteiger partial charge < -0.3 is 20.2 Å². The second-order valence-corrected chi connectivity index (χ2v) is 6.79. The number of anilines is 1. The smallest absolute Gasteiger partial charge is 0.339 e. The molecule has 1 aromatic heterocycles. The van der Waals surface area contributed by atoms with Crippen molar-refractivity contribution in [3.8, 4) is 12.3 Å². The predicted molar refractivity (Wildman–Crippen MR) is 119 cm³/mol. The van der Waals surface area contributed by atoms with Crippen LogP contribution < -0.4 is 5.73 Å². The molecule has 30 heavy (non-hydrogen) atoms. The molecule has 0 unspecified atom stereocenters. The normalized spacial score (nSPS) is 10.0. The lowest BCUT2D eigenvalue weighted by molar-refractivity contribution is 0.0592. The number of fused-ring (bicyclic) bond motifs is 1. The van der Waals surface area contributed by atoms with E-state index >= 15 is 0 Å². The van der Waals surface area contributed by atoms with Gasteiger partial charge in [0.1, 0.15) is 0 Å². The van der Waals surface area contributed by atoms with Gasteiger partial charge >= 0.3 is 11.9 Å². The molecule has 156 valence electrons. The maximum atomic E-state index is 11.6. The van der Waals surface area contributed by atoms with Gasteiger partial charge in [-0.05, 0) is 36.2 Å². The van der Waals surface area contributed by atoms with Crippen LogP contribution in [0.5, 0.6) is 0 Å².